The lowest BCUT2D eigenvalue weighted by atomic mass is 10.2. The smallest absolute Gasteiger partial charge is 0.450 e. The van der Waals surface area contributed by atoms with Crippen molar-refractivity contribution in [2.45, 2.75) is 18.8 Å². The molecule has 0 saturated carbocycles. The highest BCUT2D eigenvalue weighted by Gasteiger charge is 2.33. The van der Waals surface area contributed by atoms with E-state index in [-0.39, 0.29) is 5.91 Å². The summed E-state index contributed by atoms with van der Waals surface area (Å²) in [5, 5.41) is 11.2. The Kier molecular flexibility index (Phi) is 4.20. The van der Waals surface area contributed by atoms with Crippen molar-refractivity contribution in [1.82, 2.24) is 5.32 Å². The lowest BCUT2D eigenvalue weighted by molar-refractivity contribution is -0.00855. The molecule has 1 aliphatic rings. The largest absolute Gasteiger partial charge is 0.506 e. The predicted octanol–water partition coefficient (Wildman–Crippen LogP) is 2.05. The number of amides is 1. The van der Waals surface area contributed by atoms with E-state index in [1.165, 1.54) is 11.3 Å². The molecule has 0 bridgehead atoms. The average Bonchev–Trinajstić information content (AvgIpc) is 2.88. The predicted molar refractivity (Wildman–Crippen MR) is 66.7 cm³/mol. The van der Waals surface area contributed by atoms with Crippen LogP contribution in [0.2, 0.25) is 0 Å². The zero-order chi connectivity index (χ0) is 13.1. The van der Waals surface area contributed by atoms with Gasteiger partial charge >= 0.3 is 6.16 Å². The van der Waals surface area contributed by atoms with Gasteiger partial charge in [0.1, 0.15) is 0 Å². The zero-order valence-electron chi connectivity index (χ0n) is 9.09. The molecule has 98 valence electrons. The number of hydrogen-bond acceptors (Lipinski definition) is 5. The fourth-order valence-electron chi connectivity index (χ4n) is 1.59. The Balaban J connectivity index is 1.96. The van der Waals surface area contributed by atoms with Gasteiger partial charge in [-0.1, -0.05) is 0 Å². The van der Waals surface area contributed by atoms with Crippen LogP contribution in [0, 0.1) is 0 Å². The molecule has 8 heteroatoms. The van der Waals surface area contributed by atoms with Crippen molar-refractivity contribution in [2.24, 2.45) is 0 Å². The lowest BCUT2D eigenvalue weighted by Crippen LogP contribution is -2.42. The summed E-state index contributed by atoms with van der Waals surface area (Å²) in [6.45, 7) is 0.358. The summed E-state index contributed by atoms with van der Waals surface area (Å²) in [5.41, 5.74) is 0. The van der Waals surface area contributed by atoms with Crippen LogP contribution < -0.4 is 5.32 Å². The maximum Gasteiger partial charge on any atom is 0.506 e. The van der Waals surface area contributed by atoms with Gasteiger partial charge in [-0.05, 0) is 28.1 Å². The average molecular weight is 336 g/mol. The summed E-state index contributed by atoms with van der Waals surface area (Å²) in [5.74, 6) is -0.309. The monoisotopic (exact) mass is 335 g/mol. The fourth-order valence-corrected chi connectivity index (χ4v) is 2.88. The molecule has 1 saturated heterocycles. The summed E-state index contributed by atoms with van der Waals surface area (Å²) in [7, 11) is 0. The fraction of sp³-hybridized carbons (Fsp3) is 0.400. The SMILES string of the molecule is O=C(O)O[C@@H]1CCOC1NC(=O)c1ccc(Br)s1. The maximum atomic E-state index is 11.8. The van der Waals surface area contributed by atoms with Gasteiger partial charge in [0.25, 0.3) is 5.91 Å². The molecule has 1 unspecified atom stereocenters. The molecule has 0 aromatic carbocycles. The van der Waals surface area contributed by atoms with Crippen LogP contribution in [-0.2, 0) is 9.47 Å². The molecule has 0 aliphatic carbocycles. The molecule has 2 rings (SSSR count). The summed E-state index contributed by atoms with van der Waals surface area (Å²) in [6, 6.07) is 3.44. The van der Waals surface area contributed by atoms with Crippen LogP contribution in [0.15, 0.2) is 15.9 Å². The van der Waals surface area contributed by atoms with Gasteiger partial charge in [-0.15, -0.1) is 11.3 Å². The van der Waals surface area contributed by atoms with Crippen molar-refractivity contribution in [3.05, 3.63) is 20.8 Å². The Bertz CT molecular complexity index is 463. The van der Waals surface area contributed by atoms with E-state index in [0.29, 0.717) is 17.9 Å². The third-order valence-corrected chi connectivity index (χ3v) is 3.98. The van der Waals surface area contributed by atoms with Crippen molar-refractivity contribution in [3.8, 4) is 0 Å². The number of nitrogens with one attached hydrogen (secondary N) is 1. The summed E-state index contributed by atoms with van der Waals surface area (Å²) in [4.78, 5) is 22.8. The molecule has 6 nitrogen and oxygen atoms in total. The van der Waals surface area contributed by atoms with Crippen LogP contribution in [0.1, 0.15) is 16.1 Å². The molecular formula is C10H10BrNO5S. The molecule has 18 heavy (non-hydrogen) atoms. The minimum absolute atomic E-state index is 0.309. The molecule has 2 N–H and O–H groups in total. The van der Waals surface area contributed by atoms with E-state index in [1.807, 2.05) is 0 Å². The molecule has 1 amide bonds. The summed E-state index contributed by atoms with van der Waals surface area (Å²) < 4.78 is 10.7. The van der Waals surface area contributed by atoms with E-state index in [2.05, 4.69) is 26.0 Å². The highest BCUT2D eigenvalue weighted by Crippen LogP contribution is 2.23. The Morgan fingerprint density at radius 3 is 2.94 bits per heavy atom. The Hall–Kier alpha value is -1.12. The van der Waals surface area contributed by atoms with Gasteiger partial charge in [-0.25, -0.2) is 4.79 Å². The molecule has 2 heterocycles. The van der Waals surface area contributed by atoms with E-state index in [1.54, 1.807) is 12.1 Å². The number of carbonyl (C=O) groups is 2. The quantitative estimate of drug-likeness (QED) is 0.826. The number of carboxylic acid groups (broad SMARTS) is 1. The van der Waals surface area contributed by atoms with Crippen molar-refractivity contribution in [2.75, 3.05) is 6.61 Å². The third kappa shape index (κ3) is 3.21. The minimum atomic E-state index is -1.37. The number of thiophene rings is 1. The first-order valence-electron chi connectivity index (χ1n) is 5.13. The second kappa shape index (κ2) is 5.68. The van der Waals surface area contributed by atoms with Crippen LogP contribution >= 0.6 is 27.3 Å². The lowest BCUT2D eigenvalue weighted by Gasteiger charge is -2.18. The molecule has 1 aromatic heterocycles. The Labute approximate surface area is 115 Å². The van der Waals surface area contributed by atoms with Crippen molar-refractivity contribution >= 4 is 39.3 Å². The first-order chi connectivity index (χ1) is 8.56. The van der Waals surface area contributed by atoms with Gasteiger partial charge in [0, 0.05) is 6.42 Å². The van der Waals surface area contributed by atoms with Gasteiger partial charge in [-0.3, -0.25) is 4.79 Å². The molecule has 1 fully saturated rings. The molecular weight excluding hydrogens is 326 g/mol. The highest BCUT2D eigenvalue weighted by atomic mass is 79.9. The van der Waals surface area contributed by atoms with Crippen LogP contribution in [-0.4, -0.2) is 36.1 Å². The molecule has 1 aromatic rings. The number of ether oxygens (including phenoxy) is 2. The topological polar surface area (TPSA) is 84.9 Å². The van der Waals surface area contributed by atoms with E-state index >= 15 is 0 Å². The molecule has 0 radical (unpaired) electrons. The highest BCUT2D eigenvalue weighted by molar-refractivity contribution is 9.11. The van der Waals surface area contributed by atoms with Crippen LogP contribution in [0.3, 0.4) is 0 Å². The van der Waals surface area contributed by atoms with Crippen LogP contribution in [0.4, 0.5) is 4.79 Å². The van der Waals surface area contributed by atoms with E-state index in [0.717, 1.165) is 3.79 Å². The molecule has 1 aliphatic heterocycles. The zero-order valence-corrected chi connectivity index (χ0v) is 11.5. The van der Waals surface area contributed by atoms with E-state index in [4.69, 9.17) is 9.84 Å². The third-order valence-electron chi connectivity index (χ3n) is 2.36. The number of rotatable bonds is 3. The number of hydrogen-bond donors (Lipinski definition) is 2. The normalized spacial score (nSPS) is 22.7. The first kappa shape index (κ1) is 13.3. The van der Waals surface area contributed by atoms with Gasteiger partial charge in [0.2, 0.25) is 0 Å². The molecule has 0 spiro atoms. The molecule has 2 atom stereocenters. The summed E-state index contributed by atoms with van der Waals surface area (Å²) in [6.07, 6.45) is -2.32. The van der Waals surface area contributed by atoms with Crippen molar-refractivity contribution in [3.63, 3.8) is 0 Å². The van der Waals surface area contributed by atoms with E-state index < -0.39 is 18.5 Å². The summed E-state index contributed by atoms with van der Waals surface area (Å²) >= 11 is 4.55. The standard InChI is InChI=1S/C10H10BrNO5S/c11-7-2-1-6(18-7)8(13)12-9-5(3-4-16-9)17-10(14)15/h1-2,5,9H,3-4H2,(H,12,13)(H,14,15)/t5-,9?/m1/s1. The van der Waals surface area contributed by atoms with Crippen LogP contribution in [0.25, 0.3) is 0 Å². The van der Waals surface area contributed by atoms with Gasteiger partial charge in [0.05, 0.1) is 15.3 Å². The van der Waals surface area contributed by atoms with E-state index in [9.17, 15) is 9.59 Å². The van der Waals surface area contributed by atoms with Gasteiger partial charge in [-0.2, -0.15) is 0 Å². The van der Waals surface area contributed by atoms with Gasteiger partial charge in [0.15, 0.2) is 12.3 Å². The Morgan fingerprint density at radius 1 is 1.56 bits per heavy atom. The minimum Gasteiger partial charge on any atom is -0.450 e. The first-order valence-corrected chi connectivity index (χ1v) is 6.74. The number of carbonyl (C=O) groups excluding carboxylic acids is 1. The van der Waals surface area contributed by atoms with Crippen molar-refractivity contribution < 1.29 is 24.2 Å². The van der Waals surface area contributed by atoms with Crippen molar-refractivity contribution in [1.29, 1.82) is 0 Å². The Morgan fingerprint density at radius 2 is 2.33 bits per heavy atom. The van der Waals surface area contributed by atoms with Crippen LogP contribution in [0.5, 0.6) is 0 Å². The maximum absolute atomic E-state index is 11.8. The second-order valence-corrected chi connectivity index (χ2v) is 6.04. The number of halogens is 1. The van der Waals surface area contributed by atoms with Gasteiger partial charge < -0.3 is 19.9 Å². The second-order valence-electron chi connectivity index (χ2n) is 3.58.